The third kappa shape index (κ3) is 3.20. The summed E-state index contributed by atoms with van der Waals surface area (Å²) in [7, 11) is 0. The molecule has 3 aromatic rings. The van der Waals surface area contributed by atoms with Crippen LogP contribution in [0.25, 0.3) is 17.0 Å². The lowest BCUT2D eigenvalue weighted by Gasteiger charge is -2.10. The van der Waals surface area contributed by atoms with Crippen LogP contribution in [0.5, 0.6) is 5.75 Å². The number of aromatic amines is 1. The van der Waals surface area contributed by atoms with E-state index in [1.807, 2.05) is 60.7 Å². The number of ether oxygens (including phenoxy) is 1. The molecule has 0 bridgehead atoms. The maximum atomic E-state index is 10.8. The van der Waals surface area contributed by atoms with E-state index in [-0.39, 0.29) is 5.56 Å². The Morgan fingerprint density at radius 1 is 0.905 bits per heavy atom. The summed E-state index contributed by atoms with van der Waals surface area (Å²) in [6.07, 6.45) is 4.10. The molecule has 0 fully saturated rings. The molecule has 1 aliphatic heterocycles. The predicted octanol–water partition coefficient (Wildman–Crippen LogP) is 3.62. The summed E-state index contributed by atoms with van der Waals surface area (Å²) in [5, 5.41) is 1.06. The largest absolute Gasteiger partial charge is 0.489 e. The lowest BCUT2D eigenvalue weighted by molar-refractivity contribution is 0.358. The Morgan fingerprint density at radius 2 is 1.71 bits per heavy atom. The Balaban J connectivity index is 0.000000126. The van der Waals surface area contributed by atoms with E-state index < -0.39 is 0 Å². The molecule has 1 aliphatic rings. The van der Waals surface area contributed by atoms with Gasteiger partial charge in [-0.3, -0.25) is 4.79 Å². The summed E-state index contributed by atoms with van der Waals surface area (Å²) in [6, 6.07) is 19.1. The average Bonchev–Trinajstić information content (AvgIpc) is 2.55. The normalized spacial score (nSPS) is 12.0. The summed E-state index contributed by atoms with van der Waals surface area (Å²) in [5.74, 6) is 0.991. The fourth-order valence-electron chi connectivity index (χ4n) is 2.16. The molecule has 2 heterocycles. The van der Waals surface area contributed by atoms with Crippen molar-refractivity contribution in [3.63, 3.8) is 0 Å². The smallest absolute Gasteiger partial charge is 0.248 e. The van der Waals surface area contributed by atoms with Gasteiger partial charge in [-0.1, -0.05) is 42.5 Å². The van der Waals surface area contributed by atoms with Crippen molar-refractivity contribution >= 4 is 17.0 Å². The van der Waals surface area contributed by atoms with Crippen LogP contribution in [0.2, 0.25) is 0 Å². The van der Waals surface area contributed by atoms with Gasteiger partial charge in [0.2, 0.25) is 5.56 Å². The van der Waals surface area contributed by atoms with Gasteiger partial charge < -0.3 is 9.72 Å². The quantitative estimate of drug-likeness (QED) is 0.682. The number of H-pyrrole nitrogens is 1. The molecule has 1 N–H and O–H groups in total. The van der Waals surface area contributed by atoms with E-state index in [0.717, 1.165) is 16.7 Å². The number of hydrogen-bond donors (Lipinski definition) is 1. The van der Waals surface area contributed by atoms with Gasteiger partial charge in [0.25, 0.3) is 0 Å². The molecule has 3 heteroatoms. The van der Waals surface area contributed by atoms with Crippen LogP contribution in [0.3, 0.4) is 0 Å². The van der Waals surface area contributed by atoms with E-state index in [4.69, 9.17) is 4.74 Å². The van der Waals surface area contributed by atoms with Crippen LogP contribution < -0.4 is 10.3 Å². The minimum absolute atomic E-state index is 0.0521. The van der Waals surface area contributed by atoms with Crippen molar-refractivity contribution < 1.29 is 4.74 Å². The van der Waals surface area contributed by atoms with Crippen LogP contribution in [0.4, 0.5) is 0 Å². The van der Waals surface area contributed by atoms with Gasteiger partial charge in [-0.2, -0.15) is 0 Å². The minimum atomic E-state index is -0.0521. The standard InChI is InChI=1S/C9H7NO.C9H8O/c11-9-6-5-7-3-1-2-4-8(7)10-9;1-2-6-9-8(4-1)5-3-7-10-9/h1-6H,(H,10,11);1-6H,7H2. The van der Waals surface area contributed by atoms with Crippen LogP contribution in [0, 0.1) is 0 Å². The zero-order valence-corrected chi connectivity index (χ0v) is 11.5. The van der Waals surface area contributed by atoms with Gasteiger partial charge in [-0.05, 0) is 29.7 Å². The topological polar surface area (TPSA) is 42.1 Å². The molecule has 0 unspecified atom stereocenters. The van der Waals surface area contributed by atoms with Gasteiger partial charge in [0.1, 0.15) is 12.4 Å². The Hall–Kier alpha value is -2.81. The summed E-state index contributed by atoms with van der Waals surface area (Å²) < 4.78 is 5.34. The summed E-state index contributed by atoms with van der Waals surface area (Å²) >= 11 is 0. The van der Waals surface area contributed by atoms with Gasteiger partial charge >= 0.3 is 0 Å². The third-order valence-corrected chi connectivity index (χ3v) is 3.18. The SMILES string of the molecule is C1=Cc2ccccc2OC1.O=c1ccc2ccccc2[nH]1. The molecule has 21 heavy (non-hydrogen) atoms. The molecule has 0 saturated carbocycles. The zero-order valence-electron chi connectivity index (χ0n) is 11.5. The third-order valence-electron chi connectivity index (χ3n) is 3.18. The molecule has 0 spiro atoms. The van der Waals surface area contributed by atoms with E-state index in [1.54, 1.807) is 0 Å². The fourth-order valence-corrected chi connectivity index (χ4v) is 2.16. The number of benzene rings is 2. The van der Waals surface area contributed by atoms with Crippen LogP contribution in [-0.2, 0) is 0 Å². The Labute approximate surface area is 122 Å². The minimum Gasteiger partial charge on any atom is -0.489 e. The lowest BCUT2D eigenvalue weighted by Crippen LogP contribution is -2.01. The Bertz CT molecular complexity index is 833. The average molecular weight is 277 g/mol. The number of pyridine rings is 1. The first kappa shape index (κ1) is 13.2. The summed E-state index contributed by atoms with van der Waals surface area (Å²) in [6.45, 7) is 0.705. The van der Waals surface area contributed by atoms with E-state index in [9.17, 15) is 4.79 Å². The first-order valence-corrected chi connectivity index (χ1v) is 6.79. The second kappa shape index (κ2) is 6.09. The number of para-hydroxylation sites is 2. The maximum Gasteiger partial charge on any atom is 0.248 e. The molecule has 2 aromatic carbocycles. The Kier molecular flexibility index (Phi) is 3.83. The van der Waals surface area contributed by atoms with Crippen LogP contribution >= 0.6 is 0 Å². The van der Waals surface area contributed by atoms with Crippen molar-refractivity contribution in [1.29, 1.82) is 0 Å². The molecule has 0 saturated heterocycles. The number of nitrogens with one attached hydrogen (secondary N) is 1. The van der Waals surface area contributed by atoms with Crippen molar-refractivity contribution in [2.45, 2.75) is 0 Å². The first-order valence-electron chi connectivity index (χ1n) is 6.79. The van der Waals surface area contributed by atoms with Crippen LogP contribution in [0.15, 0.2) is 71.5 Å². The number of rotatable bonds is 0. The highest BCUT2D eigenvalue weighted by atomic mass is 16.5. The maximum absolute atomic E-state index is 10.8. The molecular formula is C18H15NO2. The van der Waals surface area contributed by atoms with Crippen molar-refractivity contribution in [3.8, 4) is 5.75 Å². The Morgan fingerprint density at radius 3 is 2.62 bits per heavy atom. The first-order chi connectivity index (χ1) is 10.3. The van der Waals surface area contributed by atoms with E-state index in [1.165, 1.54) is 11.6 Å². The highest BCUT2D eigenvalue weighted by Gasteiger charge is 2.01. The molecular weight excluding hydrogens is 262 g/mol. The van der Waals surface area contributed by atoms with E-state index >= 15 is 0 Å². The van der Waals surface area contributed by atoms with Gasteiger partial charge in [0.05, 0.1) is 0 Å². The molecule has 0 atom stereocenters. The summed E-state index contributed by atoms with van der Waals surface area (Å²) in [4.78, 5) is 13.6. The van der Waals surface area contributed by atoms with Gasteiger partial charge in [0.15, 0.2) is 0 Å². The monoisotopic (exact) mass is 277 g/mol. The number of aromatic nitrogens is 1. The van der Waals surface area contributed by atoms with Gasteiger partial charge in [0, 0.05) is 17.1 Å². The molecule has 104 valence electrons. The van der Waals surface area contributed by atoms with Gasteiger partial charge in [-0.25, -0.2) is 0 Å². The second-order valence-electron chi connectivity index (χ2n) is 4.66. The second-order valence-corrected chi connectivity index (χ2v) is 4.66. The zero-order chi connectivity index (χ0) is 14.5. The fraction of sp³-hybridized carbons (Fsp3) is 0.0556. The lowest BCUT2D eigenvalue weighted by atomic mass is 10.1. The molecule has 3 nitrogen and oxygen atoms in total. The highest BCUT2D eigenvalue weighted by Crippen LogP contribution is 2.21. The van der Waals surface area contributed by atoms with Crippen LogP contribution in [0.1, 0.15) is 5.56 Å². The van der Waals surface area contributed by atoms with E-state index in [0.29, 0.717) is 6.61 Å². The molecule has 0 radical (unpaired) electrons. The molecule has 0 amide bonds. The van der Waals surface area contributed by atoms with Crippen molar-refractivity contribution in [3.05, 3.63) is 82.7 Å². The van der Waals surface area contributed by atoms with Gasteiger partial charge in [-0.15, -0.1) is 0 Å². The number of fused-ring (bicyclic) bond motifs is 2. The van der Waals surface area contributed by atoms with Crippen LogP contribution in [-0.4, -0.2) is 11.6 Å². The molecule has 0 aliphatic carbocycles. The predicted molar refractivity (Wildman–Crippen MR) is 85.5 cm³/mol. The van der Waals surface area contributed by atoms with Crippen molar-refractivity contribution in [2.24, 2.45) is 0 Å². The molecule has 1 aromatic heterocycles. The van der Waals surface area contributed by atoms with Crippen molar-refractivity contribution in [1.82, 2.24) is 4.98 Å². The van der Waals surface area contributed by atoms with Crippen molar-refractivity contribution in [2.75, 3.05) is 6.61 Å². The summed E-state index contributed by atoms with van der Waals surface area (Å²) in [5.41, 5.74) is 2.01. The highest BCUT2D eigenvalue weighted by molar-refractivity contribution is 5.77. The van der Waals surface area contributed by atoms with E-state index in [2.05, 4.69) is 11.1 Å². The number of hydrogen-bond acceptors (Lipinski definition) is 2. The molecule has 4 rings (SSSR count).